The predicted octanol–water partition coefficient (Wildman–Crippen LogP) is 9.19. The number of hydrogen-bond donors (Lipinski definition) is 6. The number of aliphatic carboxylic acids is 1. The molecule has 15 heteroatoms. The van der Waals surface area contributed by atoms with Crippen molar-refractivity contribution in [2.45, 2.75) is 179 Å². The highest BCUT2D eigenvalue weighted by Gasteiger charge is 2.28. The molecule has 0 aliphatic carbocycles. The number of esters is 2. The molecule has 0 spiro atoms. The van der Waals surface area contributed by atoms with Crippen molar-refractivity contribution in [2.75, 3.05) is 19.8 Å². The van der Waals surface area contributed by atoms with Gasteiger partial charge in [-0.25, -0.2) is 4.57 Å². The number of rotatable bonds is 41. The van der Waals surface area contributed by atoms with Crippen molar-refractivity contribution in [3.05, 3.63) is 85.1 Å². The number of aliphatic hydroxyl groups is 3. The molecule has 7 N–H and O–H groups in total. The third-order valence-electron chi connectivity index (χ3n) is 9.47. The van der Waals surface area contributed by atoms with Gasteiger partial charge in [0.05, 0.1) is 31.5 Å². The van der Waals surface area contributed by atoms with Crippen LogP contribution in [0.2, 0.25) is 0 Å². The van der Waals surface area contributed by atoms with E-state index < -0.39 is 76.0 Å². The third kappa shape index (κ3) is 39.8. The number of allylic oxidation sites excluding steroid dienone is 11. The normalized spacial score (nSPS) is 15.9. The lowest BCUT2D eigenvalue weighted by atomic mass is 10.1. The van der Waals surface area contributed by atoms with E-state index in [-0.39, 0.29) is 25.7 Å². The van der Waals surface area contributed by atoms with Crippen LogP contribution < -0.4 is 5.73 Å². The fraction of sp³-hybridized carbons (Fsp3) is 0.646. The summed E-state index contributed by atoms with van der Waals surface area (Å²) < 4.78 is 32.5. The highest BCUT2D eigenvalue weighted by atomic mass is 31.2. The van der Waals surface area contributed by atoms with Crippen LogP contribution in [0.25, 0.3) is 0 Å². The Hall–Kier alpha value is -3.46. The van der Waals surface area contributed by atoms with Crippen molar-refractivity contribution >= 4 is 25.7 Å². The zero-order chi connectivity index (χ0) is 46.8. The van der Waals surface area contributed by atoms with Gasteiger partial charge in [0.1, 0.15) is 12.6 Å². The summed E-state index contributed by atoms with van der Waals surface area (Å²) in [5.41, 5.74) is 5.32. The minimum absolute atomic E-state index is 0.0417. The molecule has 6 atom stereocenters. The first-order valence-electron chi connectivity index (χ1n) is 22.9. The van der Waals surface area contributed by atoms with Gasteiger partial charge in [0, 0.05) is 12.8 Å². The molecule has 0 aromatic carbocycles. The van der Waals surface area contributed by atoms with E-state index in [1.807, 2.05) is 19.1 Å². The molecule has 63 heavy (non-hydrogen) atoms. The summed E-state index contributed by atoms with van der Waals surface area (Å²) in [5.74, 6) is -2.77. The smallest absolute Gasteiger partial charge is 0.472 e. The SMILES string of the molecule is CC/C=C\C[C@H](O)/C=C/C=C/C=C\C=C/[C@@H](O)[C@H](O)CCCC(=O)O[C@H](COC(=O)CCCCCCCCCCC/C=C\C/C=C\CCCCC)COP(=O)(O)OC[C@H](N)C(=O)O. The summed E-state index contributed by atoms with van der Waals surface area (Å²) in [4.78, 5) is 46.1. The maximum Gasteiger partial charge on any atom is 0.472 e. The van der Waals surface area contributed by atoms with E-state index in [2.05, 4.69) is 35.8 Å². The van der Waals surface area contributed by atoms with Crippen molar-refractivity contribution in [1.29, 1.82) is 0 Å². The molecule has 0 rings (SSSR count). The molecule has 0 aliphatic heterocycles. The van der Waals surface area contributed by atoms with Crippen molar-refractivity contribution in [2.24, 2.45) is 5.73 Å². The number of hydrogen-bond acceptors (Lipinski definition) is 12. The fourth-order valence-corrected chi connectivity index (χ4v) is 6.51. The molecular formula is C48H80NO13P. The number of aliphatic hydroxyl groups excluding tert-OH is 3. The lowest BCUT2D eigenvalue weighted by Gasteiger charge is -2.20. The molecule has 0 saturated carbocycles. The van der Waals surface area contributed by atoms with Crippen molar-refractivity contribution in [3.8, 4) is 0 Å². The standard InChI is InChI=1S/C48H80NO13P/c1-3-5-7-8-9-10-11-12-13-14-15-16-17-18-19-20-21-26-30-36-46(53)59-38-42(39-60-63(57,58)61-40-43(49)48(55)56)62-47(54)37-31-35-45(52)44(51)34-29-25-23-22-24-28-33-41(50)32-27-6-4-2/h6,9-10,12-13,22-25,27-29,33-34,41-45,50-52H,3-5,7-8,11,14-21,26,30-32,35-40,49H2,1-2H3,(H,55,56)(H,57,58)/b10-9-,13-12-,24-22+,25-23-,27-6-,33-28+,34-29-/t41-,42+,43-,44+,45+/m0/s1. The van der Waals surface area contributed by atoms with E-state index >= 15 is 0 Å². The number of carboxylic acid groups (broad SMARTS) is 1. The minimum Gasteiger partial charge on any atom is -0.480 e. The minimum atomic E-state index is -4.82. The van der Waals surface area contributed by atoms with E-state index in [1.165, 1.54) is 57.4 Å². The molecule has 0 aliphatic rings. The number of unbranched alkanes of at least 4 members (excludes halogenated alkanes) is 12. The summed E-state index contributed by atoms with van der Waals surface area (Å²) >= 11 is 0. The number of carbonyl (C=O) groups excluding carboxylic acids is 2. The molecule has 1 unspecified atom stereocenters. The predicted molar refractivity (Wildman–Crippen MR) is 248 cm³/mol. The fourth-order valence-electron chi connectivity index (χ4n) is 5.73. The first kappa shape index (κ1) is 59.5. The van der Waals surface area contributed by atoms with Gasteiger partial charge in [0.25, 0.3) is 0 Å². The highest BCUT2D eigenvalue weighted by Crippen LogP contribution is 2.43. The van der Waals surface area contributed by atoms with Gasteiger partial charge in [-0.1, -0.05) is 157 Å². The van der Waals surface area contributed by atoms with E-state index in [0.29, 0.717) is 12.8 Å². The van der Waals surface area contributed by atoms with Gasteiger partial charge in [-0.2, -0.15) is 0 Å². The average Bonchev–Trinajstić information content (AvgIpc) is 3.25. The van der Waals surface area contributed by atoms with Crippen LogP contribution in [0.3, 0.4) is 0 Å². The Morgan fingerprint density at radius 3 is 1.81 bits per heavy atom. The first-order valence-corrected chi connectivity index (χ1v) is 24.4. The van der Waals surface area contributed by atoms with Gasteiger partial charge >= 0.3 is 25.7 Å². The molecule has 0 radical (unpaired) electrons. The Labute approximate surface area is 377 Å². The van der Waals surface area contributed by atoms with Gasteiger partial charge in [-0.05, 0) is 64.2 Å². The van der Waals surface area contributed by atoms with Gasteiger partial charge in [0.15, 0.2) is 6.10 Å². The Kier molecular flexibility index (Phi) is 39.0. The van der Waals surface area contributed by atoms with Crippen molar-refractivity contribution in [1.82, 2.24) is 0 Å². The summed E-state index contributed by atoms with van der Waals surface area (Å²) in [6, 6.07) is -1.58. The lowest BCUT2D eigenvalue weighted by Crippen LogP contribution is -2.34. The van der Waals surface area contributed by atoms with Crippen LogP contribution >= 0.6 is 7.82 Å². The van der Waals surface area contributed by atoms with Crippen LogP contribution in [0.4, 0.5) is 0 Å². The molecule has 0 fully saturated rings. The maximum absolute atomic E-state index is 12.7. The molecule has 0 amide bonds. The van der Waals surface area contributed by atoms with E-state index in [9.17, 15) is 39.2 Å². The molecule has 0 aromatic heterocycles. The number of ether oxygens (including phenoxy) is 2. The van der Waals surface area contributed by atoms with Crippen LogP contribution in [0, 0.1) is 0 Å². The second-order valence-corrected chi connectivity index (χ2v) is 16.8. The van der Waals surface area contributed by atoms with Crippen molar-refractivity contribution < 1.29 is 62.8 Å². The Morgan fingerprint density at radius 2 is 1.19 bits per heavy atom. The topological polar surface area (TPSA) is 232 Å². The molecule has 0 bridgehead atoms. The van der Waals surface area contributed by atoms with Crippen LogP contribution in [0.5, 0.6) is 0 Å². The molecule has 14 nitrogen and oxygen atoms in total. The zero-order valence-corrected chi connectivity index (χ0v) is 38.9. The van der Waals surface area contributed by atoms with Gasteiger partial charge in [-0.3, -0.25) is 23.4 Å². The summed E-state index contributed by atoms with van der Waals surface area (Å²) in [5, 5.41) is 39.4. The zero-order valence-electron chi connectivity index (χ0n) is 38.0. The molecule has 0 saturated heterocycles. The Bertz CT molecular complexity index is 1440. The lowest BCUT2D eigenvalue weighted by molar-refractivity contribution is -0.161. The number of carboxylic acids is 1. The molecule has 0 heterocycles. The molecule has 360 valence electrons. The van der Waals surface area contributed by atoms with E-state index in [0.717, 1.165) is 44.9 Å². The van der Waals surface area contributed by atoms with Gasteiger partial charge < -0.3 is 40.5 Å². The van der Waals surface area contributed by atoms with Gasteiger partial charge in [-0.15, -0.1) is 0 Å². The molecule has 0 aromatic rings. The Morgan fingerprint density at radius 1 is 0.635 bits per heavy atom. The van der Waals surface area contributed by atoms with Crippen LogP contribution in [0.15, 0.2) is 85.1 Å². The summed E-state index contributed by atoms with van der Waals surface area (Å²) in [7, 11) is -4.82. The van der Waals surface area contributed by atoms with Crippen molar-refractivity contribution in [3.63, 3.8) is 0 Å². The number of nitrogens with two attached hydrogens (primary N) is 1. The Balaban J connectivity index is 4.65. The maximum atomic E-state index is 12.7. The van der Waals surface area contributed by atoms with Crippen LogP contribution in [-0.4, -0.2) is 93.5 Å². The third-order valence-corrected chi connectivity index (χ3v) is 10.4. The monoisotopic (exact) mass is 910 g/mol. The summed E-state index contributed by atoms with van der Waals surface area (Å²) in [6.45, 7) is 2.23. The number of phosphoric ester groups is 1. The van der Waals surface area contributed by atoms with Crippen LogP contribution in [-0.2, 0) is 37.5 Å². The average molecular weight is 910 g/mol. The van der Waals surface area contributed by atoms with E-state index in [1.54, 1.807) is 42.5 Å². The summed E-state index contributed by atoms with van der Waals surface area (Å²) in [6.07, 6.45) is 40.1. The highest BCUT2D eigenvalue weighted by molar-refractivity contribution is 7.47. The quantitative estimate of drug-likeness (QED) is 0.0110. The second kappa shape index (κ2) is 41.3. The van der Waals surface area contributed by atoms with E-state index in [4.69, 9.17) is 24.8 Å². The molecular weight excluding hydrogens is 829 g/mol. The van der Waals surface area contributed by atoms with Crippen LogP contribution in [0.1, 0.15) is 149 Å². The second-order valence-electron chi connectivity index (χ2n) is 15.4. The number of carbonyl (C=O) groups is 3. The van der Waals surface area contributed by atoms with Gasteiger partial charge in [0.2, 0.25) is 0 Å². The number of phosphoric acid groups is 1. The largest absolute Gasteiger partial charge is 0.480 e. The first-order chi connectivity index (χ1) is 30.3.